The van der Waals surface area contributed by atoms with Gasteiger partial charge in [-0.05, 0) is 36.4 Å². The molecular weight excluding hydrogens is 415 g/mol. The normalized spacial score (nSPS) is 14.6. The lowest BCUT2D eigenvalue weighted by Gasteiger charge is -2.19. The maximum atomic E-state index is 12.8. The van der Waals surface area contributed by atoms with E-state index in [9.17, 15) is 18.0 Å². The van der Waals surface area contributed by atoms with Gasteiger partial charge in [-0.1, -0.05) is 23.2 Å². The highest BCUT2D eigenvalue weighted by atomic mass is 35.5. The molecule has 1 fully saturated rings. The topological polar surface area (TPSA) is 92.8 Å². The van der Waals surface area contributed by atoms with E-state index in [1.54, 1.807) is 0 Å². The molecule has 0 spiro atoms. The molecule has 3 rings (SSSR count). The third-order valence-corrected chi connectivity index (χ3v) is 5.85. The molecule has 0 bridgehead atoms. The molecule has 1 heterocycles. The summed E-state index contributed by atoms with van der Waals surface area (Å²) in [5.41, 5.74) is 0.180. The molecule has 10 heteroatoms. The van der Waals surface area contributed by atoms with E-state index in [0.29, 0.717) is 5.02 Å². The van der Waals surface area contributed by atoms with Gasteiger partial charge in [0.05, 0.1) is 28.4 Å². The number of hydrogen-bond donors (Lipinski definition) is 1. The van der Waals surface area contributed by atoms with Crippen molar-refractivity contribution in [2.45, 2.75) is 17.7 Å². The summed E-state index contributed by atoms with van der Waals surface area (Å²) in [4.78, 5) is 24.8. The summed E-state index contributed by atoms with van der Waals surface area (Å²) in [7, 11) is -2.70. The Morgan fingerprint density at radius 3 is 2.33 bits per heavy atom. The zero-order valence-electron chi connectivity index (χ0n) is 14.0. The number of amides is 2. The average molecular weight is 429 g/mol. The van der Waals surface area contributed by atoms with E-state index >= 15 is 0 Å². The second-order valence-electron chi connectivity index (χ2n) is 5.69. The molecule has 0 saturated carbocycles. The second kappa shape index (κ2) is 7.38. The molecule has 2 aromatic rings. The summed E-state index contributed by atoms with van der Waals surface area (Å²) < 4.78 is 33.0. The van der Waals surface area contributed by atoms with E-state index in [2.05, 4.69) is 4.72 Å². The summed E-state index contributed by atoms with van der Waals surface area (Å²) in [5, 5.41) is 0.474. The van der Waals surface area contributed by atoms with Gasteiger partial charge in [-0.25, -0.2) is 13.3 Å². The molecule has 27 heavy (non-hydrogen) atoms. The van der Waals surface area contributed by atoms with Crippen molar-refractivity contribution in [2.75, 3.05) is 16.7 Å². The van der Waals surface area contributed by atoms with Crippen LogP contribution in [0, 0.1) is 0 Å². The van der Waals surface area contributed by atoms with Crippen LogP contribution in [0.15, 0.2) is 41.3 Å². The molecule has 2 amide bonds. The summed E-state index contributed by atoms with van der Waals surface area (Å²) >= 11 is 11.9. The lowest BCUT2D eigenvalue weighted by Crippen LogP contribution is -2.29. The molecule has 0 radical (unpaired) electrons. The van der Waals surface area contributed by atoms with Crippen LogP contribution >= 0.6 is 23.2 Å². The lowest BCUT2D eigenvalue weighted by molar-refractivity contribution is -0.121. The minimum Gasteiger partial charge on any atom is -0.495 e. The molecule has 1 saturated heterocycles. The summed E-state index contributed by atoms with van der Waals surface area (Å²) in [6.07, 6.45) is 0.130. The van der Waals surface area contributed by atoms with E-state index in [4.69, 9.17) is 27.9 Å². The Morgan fingerprint density at radius 2 is 1.70 bits per heavy atom. The number of anilines is 2. The molecular formula is C17H14Cl2N2O5S. The first-order valence-corrected chi connectivity index (χ1v) is 9.98. The lowest BCUT2D eigenvalue weighted by atomic mass is 10.2. The van der Waals surface area contributed by atoms with Gasteiger partial charge in [0.15, 0.2) is 0 Å². The van der Waals surface area contributed by atoms with Crippen LogP contribution in [0.5, 0.6) is 5.75 Å². The van der Waals surface area contributed by atoms with Crippen molar-refractivity contribution in [3.63, 3.8) is 0 Å². The number of imide groups is 1. The highest BCUT2D eigenvalue weighted by Gasteiger charge is 2.33. The van der Waals surface area contributed by atoms with Crippen molar-refractivity contribution in [1.29, 1.82) is 0 Å². The van der Waals surface area contributed by atoms with Crippen LogP contribution in [0.2, 0.25) is 10.0 Å². The van der Waals surface area contributed by atoms with Gasteiger partial charge in [-0.15, -0.1) is 0 Å². The van der Waals surface area contributed by atoms with Crippen molar-refractivity contribution in [2.24, 2.45) is 0 Å². The van der Waals surface area contributed by atoms with Gasteiger partial charge in [0.25, 0.3) is 10.0 Å². The van der Waals surface area contributed by atoms with Crippen LogP contribution in [0.1, 0.15) is 12.8 Å². The molecule has 142 valence electrons. The SMILES string of the molecule is COc1ccc(S(=O)(=O)Nc2cc(Cl)ccc2Cl)cc1N1C(=O)CCC1=O. The van der Waals surface area contributed by atoms with E-state index in [1.165, 1.54) is 43.5 Å². The first kappa shape index (κ1) is 19.5. The molecule has 1 aliphatic rings. The number of halogens is 2. The van der Waals surface area contributed by atoms with Crippen LogP contribution in [0.4, 0.5) is 11.4 Å². The van der Waals surface area contributed by atoms with E-state index in [1.807, 2.05) is 0 Å². The van der Waals surface area contributed by atoms with Gasteiger partial charge in [0.1, 0.15) is 5.75 Å². The number of ether oxygens (including phenoxy) is 1. The quantitative estimate of drug-likeness (QED) is 0.735. The number of nitrogens with zero attached hydrogens (tertiary/aromatic N) is 1. The van der Waals surface area contributed by atoms with Crippen molar-refractivity contribution in [1.82, 2.24) is 0 Å². The number of nitrogens with one attached hydrogen (secondary N) is 1. The van der Waals surface area contributed by atoms with Crippen LogP contribution in [0.3, 0.4) is 0 Å². The first-order valence-electron chi connectivity index (χ1n) is 7.74. The number of carbonyl (C=O) groups excluding carboxylic acids is 2. The molecule has 7 nitrogen and oxygen atoms in total. The molecule has 0 atom stereocenters. The van der Waals surface area contributed by atoms with Gasteiger partial charge in [0.2, 0.25) is 11.8 Å². The summed E-state index contributed by atoms with van der Waals surface area (Å²) in [6, 6.07) is 8.25. The number of hydrogen-bond acceptors (Lipinski definition) is 5. The maximum absolute atomic E-state index is 12.8. The van der Waals surface area contributed by atoms with Crippen LogP contribution in [0.25, 0.3) is 0 Å². The largest absolute Gasteiger partial charge is 0.495 e. The summed E-state index contributed by atoms with van der Waals surface area (Å²) in [6.45, 7) is 0. The minimum absolute atomic E-state index is 0.0648. The Hall–Kier alpha value is -2.29. The Labute approximate surface area is 165 Å². The Morgan fingerprint density at radius 1 is 1.04 bits per heavy atom. The zero-order valence-corrected chi connectivity index (χ0v) is 16.4. The number of methoxy groups -OCH3 is 1. The minimum atomic E-state index is -4.06. The van der Waals surface area contributed by atoms with Crippen LogP contribution in [-0.4, -0.2) is 27.3 Å². The van der Waals surface area contributed by atoms with E-state index in [-0.39, 0.29) is 39.9 Å². The van der Waals surface area contributed by atoms with E-state index in [0.717, 1.165) is 4.90 Å². The smallest absolute Gasteiger partial charge is 0.262 e. The second-order valence-corrected chi connectivity index (χ2v) is 8.21. The number of sulfonamides is 1. The monoisotopic (exact) mass is 428 g/mol. The van der Waals surface area contributed by atoms with E-state index < -0.39 is 21.8 Å². The average Bonchev–Trinajstić information content (AvgIpc) is 2.95. The maximum Gasteiger partial charge on any atom is 0.262 e. The molecule has 1 N–H and O–H groups in total. The van der Waals surface area contributed by atoms with Gasteiger partial charge < -0.3 is 4.74 Å². The molecule has 2 aromatic carbocycles. The number of carbonyl (C=O) groups is 2. The zero-order chi connectivity index (χ0) is 19.8. The molecule has 0 unspecified atom stereocenters. The number of rotatable bonds is 5. The predicted molar refractivity (Wildman–Crippen MR) is 102 cm³/mol. The highest BCUT2D eigenvalue weighted by molar-refractivity contribution is 7.92. The van der Waals surface area contributed by atoms with Gasteiger partial charge in [-0.2, -0.15) is 0 Å². The molecule has 0 aliphatic carbocycles. The summed E-state index contributed by atoms with van der Waals surface area (Å²) in [5.74, 6) is -0.629. The van der Waals surface area contributed by atoms with Crippen LogP contribution in [-0.2, 0) is 19.6 Å². The van der Waals surface area contributed by atoms with Crippen molar-refractivity contribution in [3.05, 3.63) is 46.4 Å². The predicted octanol–water partition coefficient (Wildman–Crippen LogP) is 3.46. The molecule has 1 aliphatic heterocycles. The third kappa shape index (κ3) is 3.87. The third-order valence-electron chi connectivity index (χ3n) is 3.93. The van der Waals surface area contributed by atoms with Gasteiger partial charge in [0, 0.05) is 17.9 Å². The van der Waals surface area contributed by atoms with Crippen molar-refractivity contribution < 1.29 is 22.7 Å². The van der Waals surface area contributed by atoms with Crippen molar-refractivity contribution in [3.8, 4) is 5.75 Å². The molecule has 0 aromatic heterocycles. The standard InChI is InChI=1S/C17H14Cl2N2O5S/c1-26-15-5-3-11(9-14(15)21-16(22)6-7-17(21)23)27(24,25)20-13-8-10(18)2-4-12(13)19/h2-5,8-9,20H,6-7H2,1H3. The Bertz CT molecular complexity index is 1020. The first-order chi connectivity index (χ1) is 12.7. The van der Waals surface area contributed by atoms with Crippen LogP contribution < -0.4 is 14.4 Å². The fourth-order valence-electron chi connectivity index (χ4n) is 2.64. The fourth-order valence-corrected chi connectivity index (χ4v) is 4.12. The number of benzene rings is 2. The van der Waals surface area contributed by atoms with Gasteiger partial charge >= 0.3 is 0 Å². The van der Waals surface area contributed by atoms with Gasteiger partial charge in [-0.3, -0.25) is 14.3 Å². The van der Waals surface area contributed by atoms with Crippen molar-refractivity contribution >= 4 is 56.4 Å². The fraction of sp³-hybridized carbons (Fsp3) is 0.176. The Kier molecular flexibility index (Phi) is 5.32. The highest BCUT2D eigenvalue weighted by Crippen LogP contribution is 2.35. The Balaban J connectivity index is 2.03.